The van der Waals surface area contributed by atoms with E-state index < -0.39 is 17.9 Å². The number of ether oxygens (including phenoxy) is 1. The van der Waals surface area contributed by atoms with Crippen molar-refractivity contribution in [2.75, 3.05) is 6.61 Å². The van der Waals surface area contributed by atoms with E-state index in [1.165, 1.54) is 11.3 Å². The SMILES string of the molecule is CCOC(=O)C(C)NC(=O)c1csc(C(C)N)n1. The van der Waals surface area contributed by atoms with Crippen LogP contribution in [0.3, 0.4) is 0 Å². The highest BCUT2D eigenvalue weighted by molar-refractivity contribution is 7.09. The molecule has 1 amide bonds. The van der Waals surface area contributed by atoms with E-state index in [4.69, 9.17) is 10.5 Å². The Kier molecular flexibility index (Phi) is 5.24. The summed E-state index contributed by atoms with van der Waals surface area (Å²) in [6, 6.07) is -0.906. The van der Waals surface area contributed by atoms with Gasteiger partial charge in [-0.25, -0.2) is 9.78 Å². The van der Waals surface area contributed by atoms with Crippen LogP contribution in [0.15, 0.2) is 5.38 Å². The van der Waals surface area contributed by atoms with Gasteiger partial charge in [-0.05, 0) is 20.8 Å². The molecule has 0 radical (unpaired) electrons. The summed E-state index contributed by atoms with van der Waals surface area (Å²) in [6.07, 6.45) is 0. The minimum atomic E-state index is -0.696. The topological polar surface area (TPSA) is 94.3 Å². The Labute approximate surface area is 110 Å². The van der Waals surface area contributed by atoms with Crippen LogP contribution in [0.1, 0.15) is 42.3 Å². The Morgan fingerprint density at radius 1 is 1.56 bits per heavy atom. The molecule has 1 aromatic heterocycles. The fraction of sp³-hybridized carbons (Fsp3) is 0.545. The molecule has 2 atom stereocenters. The van der Waals surface area contributed by atoms with Gasteiger partial charge in [-0.2, -0.15) is 0 Å². The zero-order valence-corrected chi connectivity index (χ0v) is 11.4. The maximum absolute atomic E-state index is 11.8. The fourth-order valence-electron chi connectivity index (χ4n) is 1.20. The number of hydrogen-bond donors (Lipinski definition) is 2. The summed E-state index contributed by atoms with van der Waals surface area (Å²) in [5.74, 6) is -0.868. The molecule has 0 bridgehead atoms. The predicted molar refractivity (Wildman–Crippen MR) is 68.3 cm³/mol. The zero-order chi connectivity index (χ0) is 13.7. The first kappa shape index (κ1) is 14.6. The molecule has 1 aromatic rings. The number of nitrogens with one attached hydrogen (secondary N) is 1. The average molecular weight is 271 g/mol. The summed E-state index contributed by atoms with van der Waals surface area (Å²) in [6.45, 7) is 5.35. The van der Waals surface area contributed by atoms with Crippen LogP contribution in [0.25, 0.3) is 0 Å². The van der Waals surface area contributed by atoms with Crippen LogP contribution in [-0.4, -0.2) is 29.5 Å². The lowest BCUT2D eigenvalue weighted by molar-refractivity contribution is -0.144. The summed E-state index contributed by atoms with van der Waals surface area (Å²) in [7, 11) is 0. The van der Waals surface area contributed by atoms with Crippen molar-refractivity contribution in [3.05, 3.63) is 16.1 Å². The number of aromatic nitrogens is 1. The summed E-state index contributed by atoms with van der Waals surface area (Å²) in [4.78, 5) is 27.2. The molecule has 0 aromatic carbocycles. The van der Waals surface area contributed by atoms with Gasteiger partial charge in [0.1, 0.15) is 16.7 Å². The number of esters is 1. The predicted octanol–water partition coefficient (Wildman–Crippen LogP) is 0.844. The van der Waals surface area contributed by atoms with Gasteiger partial charge in [0.25, 0.3) is 5.91 Å². The smallest absolute Gasteiger partial charge is 0.328 e. The van der Waals surface area contributed by atoms with E-state index in [2.05, 4.69) is 10.3 Å². The molecule has 0 fully saturated rings. The molecular formula is C11H17N3O3S. The van der Waals surface area contributed by atoms with Crippen molar-refractivity contribution in [1.29, 1.82) is 0 Å². The fourth-order valence-corrected chi connectivity index (χ4v) is 1.96. The quantitative estimate of drug-likeness (QED) is 0.774. The Bertz CT molecular complexity index is 431. The van der Waals surface area contributed by atoms with Crippen LogP contribution < -0.4 is 11.1 Å². The lowest BCUT2D eigenvalue weighted by Crippen LogP contribution is -2.39. The van der Waals surface area contributed by atoms with E-state index >= 15 is 0 Å². The monoisotopic (exact) mass is 271 g/mol. The van der Waals surface area contributed by atoms with Crippen LogP contribution in [0.2, 0.25) is 0 Å². The first-order valence-corrected chi connectivity index (χ1v) is 6.52. The van der Waals surface area contributed by atoms with Crippen LogP contribution >= 0.6 is 11.3 Å². The molecule has 7 heteroatoms. The van der Waals surface area contributed by atoms with Gasteiger partial charge in [-0.1, -0.05) is 0 Å². The molecule has 6 nitrogen and oxygen atoms in total. The average Bonchev–Trinajstić information content (AvgIpc) is 2.78. The molecular weight excluding hydrogens is 254 g/mol. The number of carbonyl (C=O) groups excluding carboxylic acids is 2. The van der Waals surface area contributed by atoms with Crippen molar-refractivity contribution in [2.24, 2.45) is 5.73 Å². The molecule has 3 N–H and O–H groups in total. The molecule has 0 spiro atoms. The molecule has 0 saturated heterocycles. The zero-order valence-electron chi connectivity index (χ0n) is 10.6. The molecule has 0 aliphatic carbocycles. The Morgan fingerprint density at radius 3 is 2.72 bits per heavy atom. The third kappa shape index (κ3) is 3.78. The maximum atomic E-state index is 11.8. The highest BCUT2D eigenvalue weighted by Crippen LogP contribution is 2.15. The standard InChI is InChI=1S/C11H17N3O3S/c1-4-17-11(16)7(3)13-9(15)8-5-18-10(14-8)6(2)12/h5-7H,4,12H2,1-3H3,(H,13,15). The van der Waals surface area contributed by atoms with Crippen LogP contribution in [0, 0.1) is 0 Å². The maximum Gasteiger partial charge on any atom is 0.328 e. The molecule has 1 heterocycles. The highest BCUT2D eigenvalue weighted by atomic mass is 32.1. The van der Waals surface area contributed by atoms with E-state index in [0.29, 0.717) is 5.01 Å². The second-order valence-corrected chi connectivity index (χ2v) is 4.70. The van der Waals surface area contributed by atoms with Crippen LogP contribution in [0.5, 0.6) is 0 Å². The Balaban J connectivity index is 2.61. The Morgan fingerprint density at radius 2 is 2.22 bits per heavy atom. The minimum Gasteiger partial charge on any atom is -0.464 e. The second-order valence-electron chi connectivity index (χ2n) is 3.81. The van der Waals surface area contributed by atoms with Crippen LogP contribution in [0.4, 0.5) is 0 Å². The van der Waals surface area contributed by atoms with Gasteiger partial charge in [0, 0.05) is 5.38 Å². The van der Waals surface area contributed by atoms with Gasteiger partial charge < -0.3 is 15.8 Å². The van der Waals surface area contributed by atoms with Crippen molar-refractivity contribution in [1.82, 2.24) is 10.3 Å². The van der Waals surface area contributed by atoms with Crippen LogP contribution in [-0.2, 0) is 9.53 Å². The molecule has 100 valence electrons. The van der Waals surface area contributed by atoms with E-state index in [0.717, 1.165) is 0 Å². The van der Waals surface area contributed by atoms with E-state index in [1.807, 2.05) is 0 Å². The third-order valence-corrected chi connectivity index (χ3v) is 3.18. The first-order valence-electron chi connectivity index (χ1n) is 5.64. The van der Waals surface area contributed by atoms with Gasteiger partial charge in [0.15, 0.2) is 0 Å². The molecule has 2 unspecified atom stereocenters. The number of nitrogens with two attached hydrogens (primary N) is 1. The van der Waals surface area contributed by atoms with Gasteiger partial charge in [-0.15, -0.1) is 11.3 Å². The summed E-state index contributed by atoms with van der Waals surface area (Å²) in [5, 5.41) is 4.82. The number of hydrogen-bond acceptors (Lipinski definition) is 6. The summed E-state index contributed by atoms with van der Waals surface area (Å²) < 4.78 is 4.79. The van der Waals surface area contributed by atoms with Crippen molar-refractivity contribution < 1.29 is 14.3 Å². The molecule has 0 aliphatic heterocycles. The second kappa shape index (κ2) is 6.46. The highest BCUT2D eigenvalue weighted by Gasteiger charge is 2.19. The third-order valence-electron chi connectivity index (χ3n) is 2.13. The van der Waals surface area contributed by atoms with Crippen molar-refractivity contribution in [3.8, 4) is 0 Å². The number of amides is 1. The number of rotatable bonds is 5. The number of thiazole rings is 1. The van der Waals surface area contributed by atoms with Crippen molar-refractivity contribution in [2.45, 2.75) is 32.9 Å². The summed E-state index contributed by atoms with van der Waals surface area (Å²) in [5.41, 5.74) is 5.93. The molecule has 0 saturated carbocycles. The van der Waals surface area contributed by atoms with E-state index in [-0.39, 0.29) is 18.3 Å². The van der Waals surface area contributed by atoms with Gasteiger partial charge in [0.2, 0.25) is 0 Å². The van der Waals surface area contributed by atoms with E-state index in [9.17, 15) is 9.59 Å². The molecule has 18 heavy (non-hydrogen) atoms. The van der Waals surface area contributed by atoms with Crippen molar-refractivity contribution >= 4 is 23.2 Å². The first-order chi connectivity index (χ1) is 8.45. The van der Waals surface area contributed by atoms with Gasteiger partial charge in [-0.3, -0.25) is 4.79 Å². The molecule has 1 rings (SSSR count). The number of carbonyl (C=O) groups is 2. The Hall–Kier alpha value is -1.47. The minimum absolute atomic E-state index is 0.209. The molecule has 0 aliphatic rings. The van der Waals surface area contributed by atoms with E-state index in [1.54, 1.807) is 26.2 Å². The van der Waals surface area contributed by atoms with Gasteiger partial charge >= 0.3 is 5.97 Å². The van der Waals surface area contributed by atoms with Gasteiger partial charge in [0.05, 0.1) is 12.6 Å². The largest absolute Gasteiger partial charge is 0.464 e. The summed E-state index contributed by atoms with van der Waals surface area (Å²) >= 11 is 1.32. The van der Waals surface area contributed by atoms with Crippen molar-refractivity contribution in [3.63, 3.8) is 0 Å². The lowest BCUT2D eigenvalue weighted by atomic mass is 10.3. The number of nitrogens with zero attached hydrogens (tertiary/aromatic N) is 1. The normalized spacial score (nSPS) is 13.8. The lowest BCUT2D eigenvalue weighted by Gasteiger charge is -2.11.